The molecule has 8 nitrogen and oxygen atoms in total. The van der Waals surface area contributed by atoms with Gasteiger partial charge in [0.1, 0.15) is 12.4 Å². The molecule has 0 radical (unpaired) electrons. The Bertz CT molecular complexity index is 633. The van der Waals surface area contributed by atoms with Crippen molar-refractivity contribution < 1.29 is 19.1 Å². The van der Waals surface area contributed by atoms with Crippen LogP contribution in [0.2, 0.25) is 0 Å². The molecule has 142 valence electrons. The van der Waals surface area contributed by atoms with Crippen molar-refractivity contribution in [3.05, 3.63) is 24.3 Å². The van der Waals surface area contributed by atoms with E-state index in [-0.39, 0.29) is 18.0 Å². The maximum Gasteiger partial charge on any atom is 0.328 e. The number of benzene rings is 1. The number of rotatable bonds is 7. The van der Waals surface area contributed by atoms with Crippen LogP contribution < -0.4 is 20.3 Å². The molecule has 0 saturated carbocycles. The normalized spacial score (nSPS) is 21.0. The molecule has 8 heteroatoms. The number of carbonyl (C=O) groups excluding carboxylic acids is 2. The number of anilines is 1. The first-order valence-corrected chi connectivity index (χ1v) is 8.97. The van der Waals surface area contributed by atoms with Crippen molar-refractivity contribution in [3.63, 3.8) is 0 Å². The minimum Gasteiger partial charge on any atom is -0.492 e. The number of morpholine rings is 1. The fourth-order valence-electron chi connectivity index (χ4n) is 3.05. The second kappa shape index (κ2) is 8.98. The van der Waals surface area contributed by atoms with Crippen LogP contribution in [0.25, 0.3) is 0 Å². The third-order valence-corrected chi connectivity index (χ3v) is 4.44. The number of likely N-dealkylation sites (N-methyl/N-ethyl adjacent to an activating group) is 1. The number of hydrogen-bond acceptors (Lipinski definition) is 6. The Morgan fingerprint density at radius 2 is 2.27 bits per heavy atom. The van der Waals surface area contributed by atoms with Crippen LogP contribution in [0, 0.1) is 0 Å². The molecule has 1 aromatic rings. The number of nitrogens with zero attached hydrogens (tertiary/aromatic N) is 2. The molecule has 1 unspecified atom stereocenters. The smallest absolute Gasteiger partial charge is 0.328 e. The molecule has 0 bridgehead atoms. The summed E-state index contributed by atoms with van der Waals surface area (Å²) in [7, 11) is 2.05. The Morgan fingerprint density at radius 1 is 1.38 bits per heavy atom. The molecular formula is C18H26N4O4. The van der Waals surface area contributed by atoms with Gasteiger partial charge in [-0.2, -0.15) is 0 Å². The van der Waals surface area contributed by atoms with Crippen LogP contribution in [0.15, 0.2) is 24.3 Å². The van der Waals surface area contributed by atoms with E-state index in [4.69, 9.17) is 9.47 Å². The zero-order valence-corrected chi connectivity index (χ0v) is 15.1. The first-order chi connectivity index (χ1) is 12.6. The van der Waals surface area contributed by atoms with Crippen molar-refractivity contribution in [2.24, 2.45) is 0 Å². The van der Waals surface area contributed by atoms with Crippen LogP contribution in [0.3, 0.4) is 0 Å². The summed E-state index contributed by atoms with van der Waals surface area (Å²) < 4.78 is 11.5. The second-order valence-corrected chi connectivity index (χ2v) is 6.56. The summed E-state index contributed by atoms with van der Waals surface area (Å²) in [5, 5.41) is 5.65. The average Bonchev–Trinajstić information content (AvgIpc) is 2.63. The van der Waals surface area contributed by atoms with Crippen LogP contribution in [0.4, 0.5) is 10.5 Å². The summed E-state index contributed by atoms with van der Waals surface area (Å²) in [6.07, 6.45) is 0.525. The van der Waals surface area contributed by atoms with E-state index in [1.54, 1.807) is 4.90 Å². The van der Waals surface area contributed by atoms with Gasteiger partial charge in [0, 0.05) is 50.9 Å². The highest BCUT2D eigenvalue weighted by molar-refractivity contribution is 6.05. The van der Waals surface area contributed by atoms with Gasteiger partial charge in [-0.3, -0.25) is 15.0 Å². The van der Waals surface area contributed by atoms with Crippen molar-refractivity contribution >= 4 is 17.6 Å². The Labute approximate surface area is 153 Å². The summed E-state index contributed by atoms with van der Waals surface area (Å²) in [5.41, 5.74) is 0.725. The molecule has 1 atom stereocenters. The molecule has 2 aliphatic rings. The highest BCUT2D eigenvalue weighted by atomic mass is 16.5. The third-order valence-electron chi connectivity index (χ3n) is 4.44. The zero-order valence-electron chi connectivity index (χ0n) is 15.1. The minimum atomic E-state index is -0.390. The summed E-state index contributed by atoms with van der Waals surface area (Å²) in [4.78, 5) is 26.9. The maximum absolute atomic E-state index is 11.9. The van der Waals surface area contributed by atoms with Gasteiger partial charge in [-0.05, 0) is 19.2 Å². The van der Waals surface area contributed by atoms with E-state index >= 15 is 0 Å². The lowest BCUT2D eigenvalue weighted by Crippen LogP contribution is -2.49. The van der Waals surface area contributed by atoms with Crippen LogP contribution >= 0.6 is 0 Å². The maximum atomic E-state index is 11.9. The largest absolute Gasteiger partial charge is 0.492 e. The minimum absolute atomic E-state index is 0.220. The number of carbonyl (C=O) groups is 2. The van der Waals surface area contributed by atoms with E-state index in [1.165, 1.54) is 0 Å². The fraction of sp³-hybridized carbons (Fsp3) is 0.556. The van der Waals surface area contributed by atoms with Gasteiger partial charge in [0.25, 0.3) is 0 Å². The van der Waals surface area contributed by atoms with Crippen molar-refractivity contribution in [2.75, 3.05) is 57.9 Å². The van der Waals surface area contributed by atoms with E-state index in [0.29, 0.717) is 25.3 Å². The number of urea groups is 1. The Balaban J connectivity index is 1.46. The summed E-state index contributed by atoms with van der Waals surface area (Å²) in [6.45, 7) is 5.13. The predicted molar refractivity (Wildman–Crippen MR) is 97.5 cm³/mol. The highest BCUT2D eigenvalue weighted by Gasteiger charge is 2.24. The molecule has 3 amide bonds. The lowest BCUT2D eigenvalue weighted by molar-refractivity contribution is -0.120. The van der Waals surface area contributed by atoms with Gasteiger partial charge in [-0.25, -0.2) is 4.79 Å². The molecule has 2 saturated heterocycles. The van der Waals surface area contributed by atoms with Crippen molar-refractivity contribution in [1.82, 2.24) is 15.5 Å². The lowest BCUT2D eigenvalue weighted by atomic mass is 10.2. The summed E-state index contributed by atoms with van der Waals surface area (Å²) in [5.74, 6) is 0.468. The molecule has 2 N–H and O–H groups in total. The van der Waals surface area contributed by atoms with Crippen LogP contribution in [-0.2, 0) is 9.53 Å². The van der Waals surface area contributed by atoms with Gasteiger partial charge in [-0.1, -0.05) is 6.07 Å². The van der Waals surface area contributed by atoms with Crippen molar-refractivity contribution in [3.8, 4) is 5.75 Å². The van der Waals surface area contributed by atoms with E-state index < -0.39 is 0 Å². The molecule has 26 heavy (non-hydrogen) atoms. The number of hydrogen-bond donors (Lipinski definition) is 2. The Morgan fingerprint density at radius 3 is 3.04 bits per heavy atom. The van der Waals surface area contributed by atoms with Crippen molar-refractivity contribution in [2.45, 2.75) is 12.5 Å². The van der Waals surface area contributed by atoms with Crippen LogP contribution in [0.5, 0.6) is 5.75 Å². The van der Waals surface area contributed by atoms with E-state index in [9.17, 15) is 9.59 Å². The lowest BCUT2D eigenvalue weighted by Gasteiger charge is -2.28. The number of ether oxygens (including phenoxy) is 2. The Kier molecular flexibility index (Phi) is 6.43. The highest BCUT2D eigenvalue weighted by Crippen LogP contribution is 2.22. The zero-order chi connectivity index (χ0) is 18.4. The van der Waals surface area contributed by atoms with E-state index in [2.05, 4.69) is 15.5 Å². The van der Waals surface area contributed by atoms with Gasteiger partial charge >= 0.3 is 6.03 Å². The molecule has 0 spiro atoms. The third kappa shape index (κ3) is 5.17. The first-order valence-electron chi connectivity index (χ1n) is 8.97. The molecule has 1 aromatic carbocycles. The van der Waals surface area contributed by atoms with E-state index in [0.717, 1.165) is 38.5 Å². The van der Waals surface area contributed by atoms with Gasteiger partial charge in [0.15, 0.2) is 0 Å². The standard InChI is InChI=1S/C18H26N4O4/c1-21(13-16-12-19-6-9-25-16)8-10-26-15-4-2-3-14(11-15)22-7-5-17(23)20-18(22)24/h2-4,11,16,19H,5-10,12-13H2,1H3,(H,20,23,24). The molecule has 3 rings (SSSR count). The SMILES string of the molecule is CN(CCOc1cccc(N2CCC(=O)NC2=O)c1)CC1CNCCO1. The number of amides is 3. The molecule has 0 aromatic heterocycles. The molecular weight excluding hydrogens is 336 g/mol. The monoisotopic (exact) mass is 362 g/mol. The van der Waals surface area contributed by atoms with Gasteiger partial charge in [-0.15, -0.1) is 0 Å². The summed E-state index contributed by atoms with van der Waals surface area (Å²) in [6, 6.07) is 6.98. The topological polar surface area (TPSA) is 83.1 Å². The number of imide groups is 1. The summed E-state index contributed by atoms with van der Waals surface area (Å²) >= 11 is 0. The van der Waals surface area contributed by atoms with Crippen LogP contribution in [-0.4, -0.2) is 75.9 Å². The van der Waals surface area contributed by atoms with Crippen molar-refractivity contribution in [1.29, 1.82) is 0 Å². The van der Waals surface area contributed by atoms with Gasteiger partial charge in [0.2, 0.25) is 5.91 Å². The van der Waals surface area contributed by atoms with Crippen LogP contribution in [0.1, 0.15) is 6.42 Å². The predicted octanol–water partition coefficient (Wildman–Crippen LogP) is 0.432. The van der Waals surface area contributed by atoms with Gasteiger partial charge < -0.3 is 19.7 Å². The van der Waals surface area contributed by atoms with E-state index in [1.807, 2.05) is 31.3 Å². The average molecular weight is 362 g/mol. The molecule has 0 aliphatic carbocycles. The van der Waals surface area contributed by atoms with Gasteiger partial charge in [0.05, 0.1) is 12.7 Å². The molecule has 2 aliphatic heterocycles. The second-order valence-electron chi connectivity index (χ2n) is 6.56. The Hall–Kier alpha value is -2.16. The fourth-order valence-corrected chi connectivity index (χ4v) is 3.05. The molecule has 2 heterocycles. The first kappa shape index (κ1) is 18.6. The number of nitrogens with one attached hydrogen (secondary N) is 2. The molecule has 2 fully saturated rings. The quantitative estimate of drug-likeness (QED) is 0.732.